The number of amides is 1. The number of rotatable bonds is 3. The van der Waals surface area contributed by atoms with Gasteiger partial charge in [0.05, 0.1) is 17.5 Å². The average Bonchev–Trinajstić information content (AvgIpc) is 2.93. The summed E-state index contributed by atoms with van der Waals surface area (Å²) >= 11 is 0. The van der Waals surface area contributed by atoms with Gasteiger partial charge < -0.3 is 10.7 Å². The number of benzene rings is 1. The Balaban J connectivity index is 2.12. The lowest BCUT2D eigenvalue weighted by atomic mass is 10.1. The van der Waals surface area contributed by atoms with Crippen molar-refractivity contribution in [3.63, 3.8) is 0 Å². The highest BCUT2D eigenvalue weighted by atomic mass is 19.4. The standard InChI is InChI=1S/C16H10F4N4O/c17-11-4-9(3-10(5-11)16(18,19)20)12-7-23-15-14(24-12)8(6-22-15)1-2-13(21)25/h1-7H,(H2,21,25)(H,22,23). The normalized spacial score (nSPS) is 12.2. The van der Waals surface area contributed by atoms with Gasteiger partial charge in [-0.2, -0.15) is 13.2 Å². The summed E-state index contributed by atoms with van der Waals surface area (Å²) in [6, 6.07) is 2.15. The Kier molecular flexibility index (Phi) is 3.99. The number of hydrogen-bond acceptors (Lipinski definition) is 3. The molecule has 25 heavy (non-hydrogen) atoms. The zero-order valence-corrected chi connectivity index (χ0v) is 12.4. The van der Waals surface area contributed by atoms with E-state index in [1.165, 1.54) is 18.5 Å². The number of H-pyrrole nitrogens is 1. The third kappa shape index (κ3) is 3.49. The van der Waals surface area contributed by atoms with Gasteiger partial charge in [-0.25, -0.2) is 14.4 Å². The molecule has 0 saturated heterocycles. The summed E-state index contributed by atoms with van der Waals surface area (Å²) in [4.78, 5) is 21.9. The molecule has 0 bridgehead atoms. The molecule has 0 aliphatic rings. The third-order valence-corrected chi connectivity index (χ3v) is 3.36. The van der Waals surface area contributed by atoms with Gasteiger partial charge in [0.25, 0.3) is 0 Å². The number of halogens is 4. The second-order valence-corrected chi connectivity index (χ2v) is 5.16. The van der Waals surface area contributed by atoms with E-state index in [1.54, 1.807) is 0 Å². The molecule has 0 atom stereocenters. The topological polar surface area (TPSA) is 84.7 Å². The number of fused-ring (bicyclic) bond motifs is 1. The number of nitrogens with two attached hydrogens (primary N) is 1. The van der Waals surface area contributed by atoms with Crippen molar-refractivity contribution >= 4 is 23.1 Å². The smallest absolute Gasteiger partial charge is 0.366 e. The summed E-state index contributed by atoms with van der Waals surface area (Å²) in [5, 5.41) is 0. The maximum atomic E-state index is 13.6. The van der Waals surface area contributed by atoms with E-state index >= 15 is 0 Å². The molecule has 0 spiro atoms. The molecule has 5 nitrogen and oxygen atoms in total. The molecular formula is C16H10F4N4O. The van der Waals surface area contributed by atoms with Gasteiger partial charge in [0, 0.05) is 23.4 Å². The van der Waals surface area contributed by atoms with Crippen LogP contribution in [0.5, 0.6) is 0 Å². The summed E-state index contributed by atoms with van der Waals surface area (Å²) in [6.07, 6.45) is 0.570. The van der Waals surface area contributed by atoms with Gasteiger partial charge in [0.1, 0.15) is 11.3 Å². The predicted molar refractivity (Wildman–Crippen MR) is 82.5 cm³/mol. The van der Waals surface area contributed by atoms with Gasteiger partial charge >= 0.3 is 6.18 Å². The Bertz CT molecular complexity index is 991. The van der Waals surface area contributed by atoms with Gasteiger partial charge in [-0.05, 0) is 24.3 Å². The van der Waals surface area contributed by atoms with Gasteiger partial charge in [-0.1, -0.05) is 0 Å². The zero-order valence-electron chi connectivity index (χ0n) is 12.4. The number of carbonyl (C=O) groups excluding carboxylic acids is 1. The number of alkyl halides is 3. The van der Waals surface area contributed by atoms with Gasteiger partial charge in [0.15, 0.2) is 5.65 Å². The molecule has 9 heteroatoms. The van der Waals surface area contributed by atoms with E-state index in [9.17, 15) is 22.4 Å². The molecule has 1 amide bonds. The van der Waals surface area contributed by atoms with Gasteiger partial charge in [0.2, 0.25) is 5.91 Å². The summed E-state index contributed by atoms with van der Waals surface area (Å²) in [5.74, 6) is -1.70. The Hall–Kier alpha value is -3.23. The van der Waals surface area contributed by atoms with Crippen molar-refractivity contribution in [2.45, 2.75) is 6.18 Å². The first kappa shape index (κ1) is 16.6. The maximum absolute atomic E-state index is 13.6. The average molecular weight is 350 g/mol. The second-order valence-electron chi connectivity index (χ2n) is 5.16. The van der Waals surface area contributed by atoms with E-state index in [4.69, 9.17) is 5.73 Å². The van der Waals surface area contributed by atoms with Crippen LogP contribution in [0.2, 0.25) is 0 Å². The van der Waals surface area contributed by atoms with Gasteiger partial charge in [-0.3, -0.25) is 4.79 Å². The lowest BCUT2D eigenvalue weighted by molar-refractivity contribution is -0.137. The van der Waals surface area contributed by atoms with Crippen LogP contribution in [0, 0.1) is 5.82 Å². The molecule has 3 N–H and O–H groups in total. The second kappa shape index (κ2) is 6.00. The van der Waals surface area contributed by atoms with Gasteiger partial charge in [-0.15, -0.1) is 0 Å². The fourth-order valence-electron chi connectivity index (χ4n) is 2.25. The fourth-order valence-corrected chi connectivity index (χ4v) is 2.25. The molecule has 0 fully saturated rings. The molecule has 0 saturated carbocycles. The summed E-state index contributed by atoms with van der Waals surface area (Å²) in [6.45, 7) is 0. The minimum absolute atomic E-state index is 0.0609. The zero-order chi connectivity index (χ0) is 18.2. The number of carbonyl (C=O) groups is 1. The highest BCUT2D eigenvalue weighted by Crippen LogP contribution is 2.33. The highest BCUT2D eigenvalue weighted by Gasteiger charge is 2.31. The summed E-state index contributed by atoms with van der Waals surface area (Å²) < 4.78 is 52.1. The minimum Gasteiger partial charge on any atom is -0.366 e. The molecule has 0 aliphatic heterocycles. The van der Waals surface area contributed by atoms with E-state index < -0.39 is 23.5 Å². The van der Waals surface area contributed by atoms with Crippen molar-refractivity contribution in [1.82, 2.24) is 15.0 Å². The molecule has 128 valence electrons. The van der Waals surface area contributed by atoms with E-state index in [2.05, 4.69) is 15.0 Å². The number of primary amides is 1. The van der Waals surface area contributed by atoms with Crippen molar-refractivity contribution in [1.29, 1.82) is 0 Å². The van der Waals surface area contributed by atoms with Crippen LogP contribution in [0.1, 0.15) is 11.1 Å². The number of hydrogen-bond donors (Lipinski definition) is 2. The number of nitrogens with zero attached hydrogens (tertiary/aromatic N) is 2. The molecule has 2 aromatic heterocycles. The first-order chi connectivity index (χ1) is 11.7. The van der Waals surface area contributed by atoms with Crippen LogP contribution in [0.4, 0.5) is 17.6 Å². The van der Waals surface area contributed by atoms with E-state index in [1.807, 2.05) is 0 Å². The molecule has 3 aromatic rings. The van der Waals surface area contributed by atoms with Crippen molar-refractivity contribution in [2.24, 2.45) is 5.73 Å². The van der Waals surface area contributed by atoms with Crippen LogP contribution < -0.4 is 5.73 Å². The first-order valence-corrected chi connectivity index (χ1v) is 6.94. The molecule has 1 aromatic carbocycles. The number of aromatic nitrogens is 3. The molecular weight excluding hydrogens is 340 g/mol. The molecule has 2 heterocycles. The monoisotopic (exact) mass is 350 g/mol. The van der Waals surface area contributed by atoms with Crippen LogP contribution >= 0.6 is 0 Å². The van der Waals surface area contributed by atoms with Crippen LogP contribution in [0.3, 0.4) is 0 Å². The van der Waals surface area contributed by atoms with Crippen LogP contribution in [0.15, 0.2) is 36.7 Å². The lowest BCUT2D eigenvalue weighted by Gasteiger charge is -2.09. The van der Waals surface area contributed by atoms with Crippen molar-refractivity contribution in [3.8, 4) is 11.3 Å². The van der Waals surface area contributed by atoms with Crippen LogP contribution in [-0.2, 0) is 11.0 Å². The van der Waals surface area contributed by atoms with E-state index in [-0.39, 0.29) is 11.3 Å². The molecule has 0 aliphatic carbocycles. The van der Waals surface area contributed by atoms with Crippen LogP contribution in [-0.4, -0.2) is 20.9 Å². The predicted octanol–water partition coefficient (Wildman–Crippen LogP) is 3.28. The number of aromatic amines is 1. The molecule has 0 unspecified atom stereocenters. The Morgan fingerprint density at radius 2 is 2.00 bits per heavy atom. The summed E-state index contributed by atoms with van der Waals surface area (Å²) in [5.41, 5.74) is 5.05. The molecule has 3 rings (SSSR count). The third-order valence-electron chi connectivity index (χ3n) is 3.36. The van der Waals surface area contributed by atoms with Crippen molar-refractivity contribution < 1.29 is 22.4 Å². The fraction of sp³-hybridized carbons (Fsp3) is 0.0625. The Morgan fingerprint density at radius 1 is 1.24 bits per heavy atom. The van der Waals surface area contributed by atoms with E-state index in [0.29, 0.717) is 22.8 Å². The van der Waals surface area contributed by atoms with Crippen LogP contribution in [0.25, 0.3) is 28.5 Å². The Morgan fingerprint density at radius 3 is 2.68 bits per heavy atom. The summed E-state index contributed by atoms with van der Waals surface area (Å²) in [7, 11) is 0. The quantitative estimate of drug-likeness (QED) is 0.562. The van der Waals surface area contributed by atoms with Crippen molar-refractivity contribution in [2.75, 3.05) is 0 Å². The first-order valence-electron chi connectivity index (χ1n) is 6.94. The Labute approximate surface area is 138 Å². The molecule has 0 radical (unpaired) electrons. The highest BCUT2D eigenvalue weighted by molar-refractivity contribution is 5.93. The minimum atomic E-state index is -4.68. The lowest BCUT2D eigenvalue weighted by Crippen LogP contribution is -2.06. The largest absolute Gasteiger partial charge is 0.416 e. The number of nitrogens with one attached hydrogen (secondary N) is 1. The van der Waals surface area contributed by atoms with Crippen molar-refractivity contribution in [3.05, 3.63) is 53.6 Å². The maximum Gasteiger partial charge on any atom is 0.416 e. The van der Waals surface area contributed by atoms with E-state index in [0.717, 1.165) is 18.2 Å². The SMILES string of the molecule is NC(=O)C=Cc1c[nH]c2ncc(-c3cc(F)cc(C(F)(F)F)c3)nc12.